The number of carbonyl (C=O) groups is 1. The van der Waals surface area contributed by atoms with Crippen LogP contribution in [0.5, 0.6) is 0 Å². The number of Topliss-reactive ketones (excluding diaryl/α,β-unsaturated/α-hetero) is 1. The Bertz CT molecular complexity index is 973. The predicted molar refractivity (Wildman–Crippen MR) is 103 cm³/mol. The Balaban J connectivity index is 1.52. The highest BCUT2D eigenvalue weighted by atomic mass is 19.1. The zero-order valence-electron chi connectivity index (χ0n) is 14.3. The van der Waals surface area contributed by atoms with Gasteiger partial charge in [-0.2, -0.15) is 0 Å². The number of hydrogen-bond acceptors (Lipinski definition) is 3. The van der Waals surface area contributed by atoms with E-state index < -0.39 is 0 Å². The van der Waals surface area contributed by atoms with Gasteiger partial charge in [-0.15, -0.1) is 0 Å². The quantitative estimate of drug-likeness (QED) is 0.611. The molecule has 0 atom stereocenters. The molecule has 26 heavy (non-hydrogen) atoms. The number of halogens is 1. The van der Waals surface area contributed by atoms with Gasteiger partial charge in [0, 0.05) is 40.5 Å². The number of aromatic nitrogens is 1. The number of H-pyrrole nitrogens is 1. The molecule has 2 heterocycles. The molecule has 1 aliphatic rings. The molecule has 3 aromatic rings. The summed E-state index contributed by atoms with van der Waals surface area (Å²) >= 11 is 0. The molecule has 4 nitrogen and oxygen atoms in total. The highest BCUT2D eigenvalue weighted by molar-refractivity contribution is 5.99. The average molecular weight is 349 g/mol. The van der Waals surface area contributed by atoms with Crippen molar-refractivity contribution in [2.75, 3.05) is 25.0 Å². The normalized spacial score (nSPS) is 14.3. The summed E-state index contributed by atoms with van der Waals surface area (Å²) in [6.07, 6.45) is 5.28. The summed E-state index contributed by atoms with van der Waals surface area (Å²) < 4.78 is 13.0. The summed E-state index contributed by atoms with van der Waals surface area (Å²) in [6, 6.07) is 11.7. The van der Waals surface area contributed by atoms with Gasteiger partial charge in [-0.3, -0.25) is 4.79 Å². The molecule has 0 amide bonds. The SMILES string of the molecule is O=C(CNc1ccc2[nH]cc(C3=CCNCC3)c2c1)c1ccc(F)cc1. The molecular formula is C21H20FN3O. The van der Waals surface area contributed by atoms with Crippen molar-refractivity contribution < 1.29 is 9.18 Å². The second kappa shape index (κ2) is 7.14. The number of fused-ring (bicyclic) bond motifs is 1. The van der Waals surface area contributed by atoms with E-state index in [-0.39, 0.29) is 18.1 Å². The Labute approximate surface area is 151 Å². The summed E-state index contributed by atoms with van der Waals surface area (Å²) in [5, 5.41) is 7.66. The fourth-order valence-corrected chi connectivity index (χ4v) is 3.28. The Morgan fingerprint density at radius 1 is 1.15 bits per heavy atom. The lowest BCUT2D eigenvalue weighted by Gasteiger charge is -2.13. The molecular weight excluding hydrogens is 329 g/mol. The summed E-state index contributed by atoms with van der Waals surface area (Å²) in [6.45, 7) is 2.05. The third-order valence-corrected chi connectivity index (χ3v) is 4.71. The first-order valence-electron chi connectivity index (χ1n) is 8.74. The van der Waals surface area contributed by atoms with Crippen LogP contribution in [-0.2, 0) is 0 Å². The first-order chi connectivity index (χ1) is 12.7. The van der Waals surface area contributed by atoms with E-state index in [1.807, 2.05) is 12.1 Å². The minimum absolute atomic E-state index is 0.0690. The monoisotopic (exact) mass is 349 g/mol. The molecule has 0 radical (unpaired) electrons. The van der Waals surface area contributed by atoms with Crippen molar-refractivity contribution in [3.63, 3.8) is 0 Å². The molecule has 2 aromatic carbocycles. The Morgan fingerprint density at radius 3 is 2.77 bits per heavy atom. The van der Waals surface area contributed by atoms with Crippen molar-refractivity contribution in [1.82, 2.24) is 10.3 Å². The van der Waals surface area contributed by atoms with Crippen LogP contribution in [0.2, 0.25) is 0 Å². The average Bonchev–Trinajstić information content (AvgIpc) is 3.10. The third-order valence-electron chi connectivity index (χ3n) is 4.71. The number of carbonyl (C=O) groups excluding carboxylic acids is 1. The molecule has 0 saturated carbocycles. The minimum atomic E-state index is -0.341. The van der Waals surface area contributed by atoms with Crippen molar-refractivity contribution >= 4 is 27.9 Å². The number of benzene rings is 2. The molecule has 0 unspecified atom stereocenters. The van der Waals surface area contributed by atoms with Gasteiger partial charge in [0.25, 0.3) is 0 Å². The van der Waals surface area contributed by atoms with Crippen LogP contribution < -0.4 is 10.6 Å². The van der Waals surface area contributed by atoms with Gasteiger partial charge in [-0.25, -0.2) is 4.39 Å². The van der Waals surface area contributed by atoms with E-state index in [1.165, 1.54) is 35.4 Å². The Kier molecular flexibility index (Phi) is 4.54. The van der Waals surface area contributed by atoms with Gasteiger partial charge in [0.1, 0.15) is 5.82 Å². The second-order valence-corrected chi connectivity index (χ2v) is 6.43. The van der Waals surface area contributed by atoms with E-state index in [0.717, 1.165) is 36.1 Å². The van der Waals surface area contributed by atoms with E-state index in [9.17, 15) is 9.18 Å². The largest absolute Gasteiger partial charge is 0.378 e. The first kappa shape index (κ1) is 16.5. The van der Waals surface area contributed by atoms with Crippen LogP contribution in [0.4, 0.5) is 10.1 Å². The summed E-state index contributed by atoms with van der Waals surface area (Å²) in [5.74, 6) is -0.410. The van der Waals surface area contributed by atoms with E-state index >= 15 is 0 Å². The maximum absolute atomic E-state index is 13.0. The van der Waals surface area contributed by atoms with Crippen LogP contribution in [0.15, 0.2) is 54.7 Å². The number of rotatable bonds is 5. The van der Waals surface area contributed by atoms with Crippen molar-refractivity contribution in [3.05, 3.63) is 71.7 Å². The lowest BCUT2D eigenvalue weighted by Crippen LogP contribution is -2.19. The van der Waals surface area contributed by atoms with Gasteiger partial charge in [-0.05, 0) is 61.0 Å². The lowest BCUT2D eigenvalue weighted by atomic mass is 9.99. The minimum Gasteiger partial charge on any atom is -0.378 e. The fourth-order valence-electron chi connectivity index (χ4n) is 3.28. The molecule has 3 N–H and O–H groups in total. The van der Waals surface area contributed by atoms with Crippen LogP contribution in [0.25, 0.3) is 16.5 Å². The highest BCUT2D eigenvalue weighted by Gasteiger charge is 2.12. The fraction of sp³-hybridized carbons (Fsp3) is 0.190. The van der Waals surface area contributed by atoms with Gasteiger partial charge >= 0.3 is 0 Å². The van der Waals surface area contributed by atoms with Crippen molar-refractivity contribution in [3.8, 4) is 0 Å². The van der Waals surface area contributed by atoms with Gasteiger partial charge < -0.3 is 15.6 Å². The van der Waals surface area contributed by atoms with E-state index in [1.54, 1.807) is 0 Å². The van der Waals surface area contributed by atoms with Crippen molar-refractivity contribution in [2.45, 2.75) is 6.42 Å². The number of ketones is 1. The van der Waals surface area contributed by atoms with Gasteiger partial charge in [0.05, 0.1) is 6.54 Å². The highest BCUT2D eigenvalue weighted by Crippen LogP contribution is 2.29. The molecule has 1 aliphatic heterocycles. The molecule has 1 aromatic heterocycles. The van der Waals surface area contributed by atoms with Crippen molar-refractivity contribution in [1.29, 1.82) is 0 Å². The molecule has 0 aliphatic carbocycles. The van der Waals surface area contributed by atoms with E-state index in [4.69, 9.17) is 0 Å². The molecule has 0 spiro atoms. The zero-order chi connectivity index (χ0) is 17.9. The number of aromatic amines is 1. The standard InChI is InChI=1S/C21H20FN3O/c22-16-3-1-15(2-4-16)21(26)13-24-17-5-6-20-18(11-17)19(12-25-20)14-7-9-23-10-8-14/h1-7,11-12,23-25H,8-10,13H2. The predicted octanol–water partition coefficient (Wildman–Crippen LogP) is 3.98. The van der Waals surface area contributed by atoms with Crippen LogP contribution in [0, 0.1) is 5.82 Å². The second-order valence-electron chi connectivity index (χ2n) is 6.43. The number of nitrogens with one attached hydrogen (secondary N) is 3. The van der Waals surface area contributed by atoms with E-state index in [0.29, 0.717) is 5.56 Å². The molecule has 0 fully saturated rings. The summed E-state index contributed by atoms with van der Waals surface area (Å²) in [4.78, 5) is 15.6. The van der Waals surface area contributed by atoms with Crippen LogP contribution >= 0.6 is 0 Å². The maximum Gasteiger partial charge on any atom is 0.181 e. The smallest absolute Gasteiger partial charge is 0.181 e. The number of anilines is 1. The number of hydrogen-bond donors (Lipinski definition) is 3. The Morgan fingerprint density at radius 2 is 2.00 bits per heavy atom. The maximum atomic E-state index is 13.0. The molecule has 4 rings (SSSR count). The first-order valence-corrected chi connectivity index (χ1v) is 8.74. The molecule has 0 bridgehead atoms. The van der Waals surface area contributed by atoms with Crippen LogP contribution in [0.1, 0.15) is 22.3 Å². The van der Waals surface area contributed by atoms with Crippen LogP contribution in [0.3, 0.4) is 0 Å². The Hall–Kier alpha value is -2.92. The van der Waals surface area contributed by atoms with Gasteiger partial charge in [0.15, 0.2) is 5.78 Å². The van der Waals surface area contributed by atoms with Gasteiger partial charge in [0.2, 0.25) is 0 Å². The molecule has 0 saturated heterocycles. The summed E-state index contributed by atoms with van der Waals surface area (Å²) in [7, 11) is 0. The van der Waals surface area contributed by atoms with Crippen LogP contribution in [-0.4, -0.2) is 30.4 Å². The van der Waals surface area contributed by atoms with Crippen molar-refractivity contribution in [2.24, 2.45) is 0 Å². The molecule has 5 heteroatoms. The van der Waals surface area contributed by atoms with Gasteiger partial charge in [-0.1, -0.05) is 6.08 Å². The third kappa shape index (κ3) is 3.39. The lowest BCUT2D eigenvalue weighted by molar-refractivity contribution is 0.101. The van der Waals surface area contributed by atoms with E-state index in [2.05, 4.69) is 34.0 Å². The zero-order valence-corrected chi connectivity index (χ0v) is 14.3. The topological polar surface area (TPSA) is 56.9 Å². The summed E-state index contributed by atoms with van der Waals surface area (Å²) in [5.41, 5.74) is 5.03. The molecule has 132 valence electrons.